The lowest BCUT2D eigenvalue weighted by molar-refractivity contribution is -0.384. The van der Waals surface area contributed by atoms with Crippen LogP contribution in [0.25, 0.3) is 10.9 Å². The van der Waals surface area contributed by atoms with Gasteiger partial charge in [-0.25, -0.2) is 4.98 Å². The van der Waals surface area contributed by atoms with Gasteiger partial charge in [-0.05, 0) is 48.9 Å². The van der Waals surface area contributed by atoms with Crippen LogP contribution in [0.5, 0.6) is 5.75 Å². The summed E-state index contributed by atoms with van der Waals surface area (Å²) in [6.07, 6.45) is 1.33. The van der Waals surface area contributed by atoms with Gasteiger partial charge in [-0.15, -0.1) is 0 Å². The summed E-state index contributed by atoms with van der Waals surface area (Å²) in [6, 6.07) is 14.4. The Morgan fingerprint density at radius 1 is 1.15 bits per heavy atom. The predicted molar refractivity (Wildman–Crippen MR) is 135 cm³/mol. The Morgan fingerprint density at radius 3 is 2.68 bits per heavy atom. The SMILES string of the molecule is Cc1nc2ccc(Br)cc2c(=O)n1N=Cc1cc([N+](=O)[O-])ccc1OCc1ccc(Cl)c(Cl)c1. The van der Waals surface area contributed by atoms with Crippen molar-refractivity contribution in [1.29, 1.82) is 0 Å². The van der Waals surface area contributed by atoms with E-state index in [9.17, 15) is 14.9 Å². The Kier molecular flexibility index (Phi) is 6.97. The molecule has 0 bridgehead atoms. The number of ether oxygens (including phenoxy) is 1. The molecule has 0 radical (unpaired) electrons. The standard InChI is InChI=1S/C23H15BrCl2N4O4/c1-13-28-21-6-3-16(24)10-18(21)23(31)29(13)27-11-15-9-17(30(32)33)4-7-22(15)34-12-14-2-5-19(25)20(26)8-14/h2-11H,12H2,1H3. The van der Waals surface area contributed by atoms with Gasteiger partial charge >= 0.3 is 0 Å². The monoisotopic (exact) mass is 560 g/mol. The fourth-order valence-electron chi connectivity index (χ4n) is 3.19. The van der Waals surface area contributed by atoms with Crippen LogP contribution in [0.1, 0.15) is 17.0 Å². The first kappa shape index (κ1) is 23.9. The second-order valence-electron chi connectivity index (χ2n) is 7.20. The molecule has 3 aromatic carbocycles. The van der Waals surface area contributed by atoms with E-state index in [1.165, 1.54) is 24.4 Å². The maximum Gasteiger partial charge on any atom is 0.282 e. The number of hydrogen-bond acceptors (Lipinski definition) is 6. The molecular formula is C23H15BrCl2N4O4. The van der Waals surface area contributed by atoms with Gasteiger partial charge in [-0.3, -0.25) is 14.9 Å². The minimum absolute atomic E-state index is 0.139. The van der Waals surface area contributed by atoms with Crippen molar-refractivity contribution >= 4 is 61.9 Å². The van der Waals surface area contributed by atoms with Gasteiger partial charge in [0, 0.05) is 22.2 Å². The van der Waals surface area contributed by atoms with E-state index in [2.05, 4.69) is 26.0 Å². The molecule has 34 heavy (non-hydrogen) atoms. The molecule has 0 atom stereocenters. The molecule has 0 aliphatic heterocycles. The van der Waals surface area contributed by atoms with Crippen LogP contribution in [0.15, 0.2) is 69.0 Å². The quantitative estimate of drug-likeness (QED) is 0.160. The van der Waals surface area contributed by atoms with Crippen LogP contribution in [0.4, 0.5) is 5.69 Å². The number of hydrogen-bond donors (Lipinski definition) is 0. The normalized spacial score (nSPS) is 11.3. The largest absolute Gasteiger partial charge is 0.488 e. The maximum absolute atomic E-state index is 13.0. The van der Waals surface area contributed by atoms with Gasteiger partial charge in [0.15, 0.2) is 0 Å². The Labute approximate surface area is 211 Å². The average Bonchev–Trinajstić information content (AvgIpc) is 2.80. The van der Waals surface area contributed by atoms with Crippen molar-refractivity contribution < 1.29 is 9.66 Å². The molecule has 172 valence electrons. The zero-order valence-electron chi connectivity index (χ0n) is 17.5. The third-order valence-corrected chi connectivity index (χ3v) is 6.10. The van der Waals surface area contributed by atoms with Crippen LogP contribution in [0.2, 0.25) is 10.0 Å². The highest BCUT2D eigenvalue weighted by Crippen LogP contribution is 2.26. The fourth-order valence-corrected chi connectivity index (χ4v) is 3.87. The number of nitro benzene ring substituents is 1. The zero-order chi connectivity index (χ0) is 24.4. The molecule has 0 unspecified atom stereocenters. The molecule has 0 N–H and O–H groups in total. The molecule has 0 aliphatic rings. The maximum atomic E-state index is 13.0. The third kappa shape index (κ3) is 5.11. The average molecular weight is 562 g/mol. The molecule has 1 heterocycles. The van der Waals surface area contributed by atoms with Gasteiger partial charge in [0.2, 0.25) is 0 Å². The fraction of sp³-hybridized carbons (Fsp3) is 0.0870. The molecule has 0 amide bonds. The number of non-ortho nitro benzene ring substituents is 1. The van der Waals surface area contributed by atoms with Crippen molar-refractivity contribution in [3.8, 4) is 5.75 Å². The summed E-state index contributed by atoms with van der Waals surface area (Å²) in [6.45, 7) is 1.79. The number of rotatable bonds is 6. The van der Waals surface area contributed by atoms with Gasteiger partial charge in [0.25, 0.3) is 11.2 Å². The van der Waals surface area contributed by atoms with Crippen molar-refractivity contribution in [2.75, 3.05) is 0 Å². The Morgan fingerprint density at radius 2 is 1.94 bits per heavy atom. The van der Waals surface area contributed by atoms with Crippen molar-refractivity contribution in [3.63, 3.8) is 0 Å². The summed E-state index contributed by atoms with van der Waals surface area (Å²) >= 11 is 15.4. The summed E-state index contributed by atoms with van der Waals surface area (Å²) in [5, 5.41) is 16.7. The van der Waals surface area contributed by atoms with Crippen LogP contribution in [-0.4, -0.2) is 20.8 Å². The number of halogens is 3. The highest BCUT2D eigenvalue weighted by Gasteiger charge is 2.13. The van der Waals surface area contributed by atoms with Crippen LogP contribution < -0.4 is 10.3 Å². The Hall–Kier alpha value is -3.27. The van der Waals surface area contributed by atoms with Crippen molar-refractivity contribution in [3.05, 3.63) is 107 Å². The first-order valence-corrected chi connectivity index (χ1v) is 11.4. The smallest absolute Gasteiger partial charge is 0.282 e. The molecule has 4 aromatic rings. The topological polar surface area (TPSA) is 99.6 Å². The first-order valence-electron chi connectivity index (χ1n) is 9.81. The summed E-state index contributed by atoms with van der Waals surface area (Å²) < 4.78 is 7.73. The van der Waals surface area contributed by atoms with E-state index in [-0.39, 0.29) is 17.9 Å². The van der Waals surface area contributed by atoms with Gasteiger partial charge in [-0.1, -0.05) is 45.2 Å². The highest BCUT2D eigenvalue weighted by molar-refractivity contribution is 9.10. The minimum atomic E-state index is -0.521. The third-order valence-electron chi connectivity index (χ3n) is 4.86. The number of nitrogens with zero attached hydrogens (tertiary/aromatic N) is 4. The molecule has 0 saturated carbocycles. The molecule has 8 nitrogen and oxygen atoms in total. The predicted octanol–water partition coefficient (Wildman–Crippen LogP) is 6.14. The summed E-state index contributed by atoms with van der Waals surface area (Å²) in [5.41, 5.74) is 1.09. The van der Waals surface area contributed by atoms with Gasteiger partial charge in [-0.2, -0.15) is 9.78 Å². The van der Waals surface area contributed by atoms with E-state index in [1.807, 2.05) is 0 Å². The second-order valence-corrected chi connectivity index (χ2v) is 8.93. The molecule has 11 heteroatoms. The lowest BCUT2D eigenvalue weighted by Gasteiger charge is -2.10. The lowest BCUT2D eigenvalue weighted by atomic mass is 10.2. The number of benzene rings is 3. The van der Waals surface area contributed by atoms with Crippen LogP contribution in [-0.2, 0) is 6.61 Å². The van der Waals surface area contributed by atoms with E-state index in [0.717, 1.165) is 14.7 Å². The van der Waals surface area contributed by atoms with Gasteiger partial charge in [0.1, 0.15) is 18.2 Å². The molecular weight excluding hydrogens is 547 g/mol. The van der Waals surface area contributed by atoms with Crippen LogP contribution in [0.3, 0.4) is 0 Å². The van der Waals surface area contributed by atoms with Crippen LogP contribution in [0, 0.1) is 17.0 Å². The number of aryl methyl sites for hydroxylation is 1. The number of nitro groups is 1. The zero-order valence-corrected chi connectivity index (χ0v) is 20.6. The van der Waals surface area contributed by atoms with E-state index < -0.39 is 4.92 Å². The lowest BCUT2D eigenvalue weighted by Crippen LogP contribution is -2.20. The first-order chi connectivity index (χ1) is 16.2. The van der Waals surface area contributed by atoms with E-state index in [1.54, 1.807) is 43.3 Å². The molecule has 4 rings (SSSR count). The molecule has 1 aromatic heterocycles. The summed E-state index contributed by atoms with van der Waals surface area (Å²) in [5.74, 6) is 0.697. The van der Waals surface area contributed by atoms with Gasteiger partial charge < -0.3 is 4.74 Å². The van der Waals surface area contributed by atoms with E-state index in [0.29, 0.717) is 38.1 Å². The molecule has 0 fully saturated rings. The van der Waals surface area contributed by atoms with Crippen molar-refractivity contribution in [2.45, 2.75) is 13.5 Å². The molecule has 0 spiro atoms. The summed E-state index contributed by atoms with van der Waals surface area (Å²) in [4.78, 5) is 28.2. The van der Waals surface area contributed by atoms with Crippen molar-refractivity contribution in [1.82, 2.24) is 9.66 Å². The molecule has 0 aliphatic carbocycles. The summed E-state index contributed by atoms with van der Waals surface area (Å²) in [7, 11) is 0. The van der Waals surface area contributed by atoms with Crippen LogP contribution >= 0.6 is 39.1 Å². The second kappa shape index (κ2) is 9.92. The van der Waals surface area contributed by atoms with Gasteiger partial charge in [0.05, 0.1) is 32.1 Å². The van der Waals surface area contributed by atoms with Crippen molar-refractivity contribution in [2.24, 2.45) is 5.10 Å². The van der Waals surface area contributed by atoms with E-state index >= 15 is 0 Å². The number of fused-ring (bicyclic) bond motifs is 1. The Bertz CT molecular complexity index is 1520. The minimum Gasteiger partial charge on any atom is -0.488 e. The Balaban J connectivity index is 1.71. The van der Waals surface area contributed by atoms with E-state index in [4.69, 9.17) is 27.9 Å². The molecule has 0 saturated heterocycles. The highest BCUT2D eigenvalue weighted by atomic mass is 79.9. The number of aromatic nitrogens is 2.